The molecule has 18 nitrogen and oxygen atoms in total. The van der Waals surface area contributed by atoms with Gasteiger partial charge in [0.15, 0.2) is 5.60 Å². The molecule has 1 aromatic heterocycles. The lowest BCUT2D eigenvalue weighted by Crippen LogP contribution is -2.81. The SMILES string of the molecule is CCC1(O)CC2CN(CCc3c([nH]c4ccccc34)C(C(=O)OC)(c3cc4c(cc3OC)N(C)C3C(O)(C(=O)NCCNC(=O)c5ccc(N=[N+]=[N-])c([125I])c5O)C(O)C5(CC)C=CCN6CCC43C65)C2)C1. The number of azide groups is 1. The summed E-state index contributed by atoms with van der Waals surface area (Å²) >= 11 is 1.79. The first-order chi connectivity index (χ1) is 34.0. The number of H-pyrrole nitrogens is 1. The van der Waals surface area contributed by atoms with Gasteiger partial charge >= 0.3 is 5.97 Å². The van der Waals surface area contributed by atoms with Crippen molar-refractivity contribution in [2.75, 3.05) is 72.0 Å². The van der Waals surface area contributed by atoms with Crippen LogP contribution in [0.25, 0.3) is 21.3 Å². The second-order valence-corrected chi connectivity index (χ2v) is 21.7. The molecule has 2 amide bonds. The van der Waals surface area contributed by atoms with Crippen molar-refractivity contribution in [1.82, 2.24) is 25.4 Å². The summed E-state index contributed by atoms with van der Waals surface area (Å²) in [6, 6.07) is 13.4. The third-order valence-electron chi connectivity index (χ3n) is 17.4. The Morgan fingerprint density at radius 3 is 2.52 bits per heavy atom. The van der Waals surface area contributed by atoms with Crippen molar-refractivity contribution in [3.8, 4) is 11.5 Å². The van der Waals surface area contributed by atoms with Gasteiger partial charge in [-0.3, -0.25) is 24.2 Å². The predicted octanol–water partition coefficient (Wildman–Crippen LogP) is 5.05. The number of hydrogen-bond donors (Lipinski definition) is 7. The van der Waals surface area contributed by atoms with Gasteiger partial charge in [0, 0.05) is 102 Å². The highest BCUT2D eigenvalue weighted by Gasteiger charge is 2.78. The number of hydrogen-bond acceptors (Lipinski definition) is 13. The van der Waals surface area contributed by atoms with Crippen LogP contribution >= 0.6 is 22.6 Å². The maximum atomic E-state index is 15.5. The minimum absolute atomic E-state index is 0.0558. The molecule has 2 saturated heterocycles. The van der Waals surface area contributed by atoms with Crippen molar-refractivity contribution in [3.05, 3.63) is 103 Å². The molecule has 10 unspecified atom stereocenters. The molecule has 2 bridgehead atoms. The van der Waals surface area contributed by atoms with Crippen molar-refractivity contribution in [2.45, 2.75) is 92.6 Å². The normalized spacial score (nSPS) is 32.5. The Bertz CT molecular complexity index is 2930. The molecule has 4 aromatic rings. The number of aliphatic hydroxyl groups is 3. The highest BCUT2D eigenvalue weighted by molar-refractivity contribution is 14.1. The monoisotopic (exact) mass is 1080 g/mol. The maximum Gasteiger partial charge on any atom is 0.322 e. The van der Waals surface area contributed by atoms with Gasteiger partial charge in [0.25, 0.3) is 11.8 Å². The first kappa shape index (κ1) is 49.2. The van der Waals surface area contributed by atoms with Crippen LogP contribution in [0.5, 0.6) is 11.5 Å². The lowest BCUT2D eigenvalue weighted by molar-refractivity contribution is -0.203. The van der Waals surface area contributed by atoms with Gasteiger partial charge in [-0.2, -0.15) is 0 Å². The van der Waals surface area contributed by atoms with Crippen LogP contribution in [0.1, 0.15) is 78.7 Å². The van der Waals surface area contributed by atoms with Crippen molar-refractivity contribution in [3.63, 3.8) is 0 Å². The zero-order valence-corrected chi connectivity index (χ0v) is 42.8. The number of phenolic OH excluding ortho intramolecular Hbond substituents is 1. The van der Waals surface area contributed by atoms with E-state index in [9.17, 15) is 25.2 Å². The number of nitrogens with one attached hydrogen (secondary N) is 3. The van der Waals surface area contributed by atoms with Crippen LogP contribution in [0.15, 0.2) is 65.8 Å². The largest absolute Gasteiger partial charge is 0.506 e. The molecular weight excluding hydrogens is 1020 g/mol. The molecule has 1 aliphatic carbocycles. The zero-order valence-electron chi connectivity index (χ0n) is 40.7. The number of ether oxygens (including phenoxy) is 2. The van der Waals surface area contributed by atoms with Crippen molar-refractivity contribution < 1.29 is 44.3 Å². The molecule has 6 aliphatic rings. The van der Waals surface area contributed by atoms with E-state index in [0.717, 1.165) is 22.0 Å². The summed E-state index contributed by atoms with van der Waals surface area (Å²) in [6.07, 6.45) is 5.24. The number of rotatable bonds is 11. The van der Waals surface area contributed by atoms with Crippen LogP contribution in [0.2, 0.25) is 0 Å². The van der Waals surface area contributed by atoms with E-state index in [0.29, 0.717) is 93.9 Å². The summed E-state index contributed by atoms with van der Waals surface area (Å²) < 4.78 is 12.6. The van der Waals surface area contributed by atoms with Crippen LogP contribution in [-0.4, -0.2) is 149 Å². The van der Waals surface area contributed by atoms with E-state index in [4.69, 9.17) is 15.0 Å². The van der Waals surface area contributed by atoms with E-state index in [1.807, 2.05) is 62.2 Å². The van der Waals surface area contributed by atoms with Gasteiger partial charge in [-0.15, -0.1) is 0 Å². The number of halogens is 1. The fourth-order valence-corrected chi connectivity index (χ4v) is 15.1. The van der Waals surface area contributed by atoms with Crippen LogP contribution < -0.4 is 20.3 Å². The molecule has 71 heavy (non-hydrogen) atoms. The molecule has 5 aliphatic heterocycles. The summed E-state index contributed by atoms with van der Waals surface area (Å²) in [4.78, 5) is 56.9. The number of phenols is 1. The topological polar surface area (TPSA) is 249 Å². The van der Waals surface area contributed by atoms with Gasteiger partial charge in [0.2, 0.25) is 0 Å². The number of aromatic amines is 1. The molecule has 376 valence electrons. The number of aromatic hydroxyl groups is 1. The van der Waals surface area contributed by atoms with Crippen molar-refractivity contribution in [2.24, 2.45) is 16.4 Å². The number of piperidine rings is 1. The summed E-state index contributed by atoms with van der Waals surface area (Å²) in [5, 5.41) is 59.4. The van der Waals surface area contributed by atoms with Crippen LogP contribution in [0.4, 0.5) is 11.4 Å². The van der Waals surface area contributed by atoms with Crippen LogP contribution in [0, 0.1) is 14.9 Å². The Hall–Kier alpha value is -5.41. The summed E-state index contributed by atoms with van der Waals surface area (Å²) in [7, 11) is 4.82. The number of anilines is 1. The number of esters is 1. The Morgan fingerprint density at radius 2 is 1.79 bits per heavy atom. The summed E-state index contributed by atoms with van der Waals surface area (Å²) in [5.41, 5.74) is 6.69. The zero-order chi connectivity index (χ0) is 50.4. The van der Waals surface area contributed by atoms with Crippen LogP contribution in [-0.2, 0) is 31.6 Å². The summed E-state index contributed by atoms with van der Waals surface area (Å²) in [6.45, 7) is 6.85. The smallest absolute Gasteiger partial charge is 0.322 e. The molecule has 7 N–H and O–H groups in total. The third kappa shape index (κ3) is 7.04. The Labute approximate surface area is 425 Å². The highest BCUT2D eigenvalue weighted by atomic mass is 125. The molecule has 0 radical (unpaired) electrons. The minimum atomic E-state index is -2.43. The molecule has 10 rings (SSSR count). The minimum Gasteiger partial charge on any atom is -0.506 e. The molecule has 3 fully saturated rings. The predicted molar refractivity (Wildman–Crippen MR) is 274 cm³/mol. The Morgan fingerprint density at radius 1 is 1.01 bits per heavy atom. The fraction of sp³-hybridized carbons (Fsp3) is 0.519. The van der Waals surface area contributed by atoms with Gasteiger partial charge in [0.05, 0.1) is 40.7 Å². The number of carbonyl (C=O) groups excluding carboxylic acids is 3. The van der Waals surface area contributed by atoms with Gasteiger partial charge in [-0.05, 0) is 108 Å². The van der Waals surface area contributed by atoms with Gasteiger partial charge in [-0.25, -0.2) is 0 Å². The number of likely N-dealkylation sites (N-methyl/N-ethyl adjacent to an activating group) is 1. The van der Waals surface area contributed by atoms with E-state index in [2.05, 4.69) is 47.6 Å². The van der Waals surface area contributed by atoms with Gasteiger partial charge < -0.3 is 50.4 Å². The lowest BCUT2D eigenvalue weighted by Gasteiger charge is -2.63. The highest BCUT2D eigenvalue weighted by Crippen LogP contribution is 2.67. The number of amides is 2. The number of benzene rings is 3. The second kappa shape index (κ2) is 18.0. The molecule has 19 heteroatoms. The maximum absolute atomic E-state index is 15.5. The van der Waals surface area contributed by atoms with E-state index in [1.54, 1.807) is 29.7 Å². The van der Waals surface area contributed by atoms with E-state index in [1.165, 1.54) is 19.2 Å². The van der Waals surface area contributed by atoms with E-state index < -0.39 is 57.4 Å². The van der Waals surface area contributed by atoms with E-state index in [-0.39, 0.29) is 45.6 Å². The average Bonchev–Trinajstić information content (AvgIpc) is 4.03. The number of nitrogens with zero attached hydrogens (tertiary/aromatic N) is 6. The summed E-state index contributed by atoms with van der Waals surface area (Å²) in [5.74, 6) is -2.01. The molecule has 1 saturated carbocycles. The van der Waals surface area contributed by atoms with Gasteiger partial charge in [0.1, 0.15) is 23.0 Å². The molecule has 10 atom stereocenters. The Balaban J connectivity index is 1.11. The van der Waals surface area contributed by atoms with E-state index >= 15 is 9.59 Å². The quantitative estimate of drug-likeness (QED) is 0.0199. The number of aliphatic hydroxyl groups excluding tert-OH is 1. The Kier molecular flexibility index (Phi) is 12.4. The standard InChI is InChI=1S/C52H62IN9O9/c1-6-48(68)25-29-26-51(47(67)71-5,41-31(15-21-61(27-29)28-48)30-11-8-9-12-35(30)57-41)34-23-33-37(24-38(34)70-4)60(3)44-50(33)17-22-62-20-10-16-49(7-2,43(50)62)45(65)52(44,69)46(66)56-19-18-55-42(64)32-13-14-36(58-59-54)39(53)40(32)63/h8-14,16,23-24,29,43-45,57,63,65,68-69H,6-7,15,17-22,25-28H2,1-5H3,(H,55,64)(H,56,66)/i53-2. The van der Waals surface area contributed by atoms with Crippen molar-refractivity contribution >= 4 is 62.7 Å². The van der Waals surface area contributed by atoms with Gasteiger partial charge in [-0.1, -0.05) is 55.4 Å². The number of para-hydroxylation sites is 1. The number of fused-ring (bicyclic) bond motifs is 6. The molecule has 3 aromatic carbocycles. The number of carbonyl (C=O) groups is 3. The number of aromatic nitrogens is 1. The molecular formula is C52H62IN9O9. The first-order valence-corrected chi connectivity index (χ1v) is 25.7. The van der Waals surface area contributed by atoms with Crippen LogP contribution in [0.3, 0.4) is 0 Å². The second-order valence-electron chi connectivity index (χ2n) is 20.6. The fourth-order valence-electron chi connectivity index (χ4n) is 14.5. The lowest BCUT2D eigenvalue weighted by atomic mass is 9.47. The third-order valence-corrected chi connectivity index (χ3v) is 18.5. The molecule has 6 heterocycles. The van der Waals surface area contributed by atoms with Crippen molar-refractivity contribution in [1.29, 1.82) is 0 Å². The molecule has 1 spiro atoms. The number of methoxy groups -OCH3 is 2. The first-order valence-electron chi connectivity index (χ1n) is 24.6. The average molecular weight is 1080 g/mol.